The highest BCUT2D eigenvalue weighted by molar-refractivity contribution is 5.50. The molecule has 0 atom stereocenters. The molecule has 2 nitrogen and oxygen atoms in total. The van der Waals surface area contributed by atoms with Gasteiger partial charge in [-0.3, -0.25) is 0 Å². The molecule has 2 heteroatoms. The number of benzene rings is 4. The average Bonchev–Trinajstić information content (AvgIpc) is 3.04. The van der Waals surface area contributed by atoms with Gasteiger partial charge in [0.15, 0.2) is 0 Å². The summed E-state index contributed by atoms with van der Waals surface area (Å²) in [5.74, 6) is 0. The summed E-state index contributed by atoms with van der Waals surface area (Å²) in [6.45, 7) is 4.52. The highest BCUT2D eigenvalue weighted by atomic mass is 14.6. The van der Waals surface area contributed by atoms with Crippen molar-refractivity contribution in [1.29, 1.82) is 0 Å². The minimum absolute atomic E-state index is 0.941. The van der Waals surface area contributed by atoms with Crippen LogP contribution in [-0.2, 0) is 38.5 Å². The van der Waals surface area contributed by atoms with Crippen molar-refractivity contribution < 1.29 is 0 Å². The molecule has 4 N–H and O–H groups in total. The van der Waals surface area contributed by atoms with Crippen LogP contribution in [0.4, 0.5) is 11.4 Å². The molecule has 0 heterocycles. The molecule has 0 unspecified atom stereocenters. The van der Waals surface area contributed by atoms with Crippen molar-refractivity contribution in [3.05, 3.63) is 129 Å². The first-order valence-corrected chi connectivity index (χ1v) is 17.4. The van der Waals surface area contributed by atoms with Crippen molar-refractivity contribution in [2.24, 2.45) is 0 Å². The van der Waals surface area contributed by atoms with Crippen molar-refractivity contribution in [2.75, 3.05) is 11.5 Å². The molecule has 4 rings (SSSR count). The zero-order chi connectivity index (χ0) is 31.0. The van der Waals surface area contributed by atoms with Crippen LogP contribution in [0.25, 0.3) is 0 Å². The Bertz CT molecular complexity index is 1280. The van der Waals surface area contributed by atoms with E-state index < -0.39 is 0 Å². The molecule has 0 aromatic heterocycles. The van der Waals surface area contributed by atoms with Crippen LogP contribution in [0.1, 0.15) is 123 Å². The Morgan fingerprint density at radius 3 is 1.09 bits per heavy atom. The second kappa shape index (κ2) is 18.3. The molecule has 0 amide bonds. The Labute approximate surface area is 268 Å². The smallest absolute Gasteiger partial charge is 0.0346 e. The molecule has 0 saturated heterocycles. The molecule has 0 bridgehead atoms. The maximum atomic E-state index is 6.27. The summed E-state index contributed by atoms with van der Waals surface area (Å²) in [5.41, 5.74) is 25.4. The largest absolute Gasteiger partial charge is 0.399 e. The number of hydrogen-bond acceptors (Lipinski definition) is 2. The monoisotopic (exact) mass is 588 g/mol. The molecule has 4 aromatic rings. The van der Waals surface area contributed by atoms with Gasteiger partial charge in [-0.1, -0.05) is 125 Å². The number of unbranched alkanes of at least 4 members (excludes halogenated alkanes) is 7. The van der Waals surface area contributed by atoms with Crippen LogP contribution in [0.3, 0.4) is 0 Å². The summed E-state index contributed by atoms with van der Waals surface area (Å²) < 4.78 is 0. The molecule has 234 valence electrons. The van der Waals surface area contributed by atoms with Gasteiger partial charge in [0, 0.05) is 11.4 Å². The maximum absolute atomic E-state index is 6.27. The number of anilines is 2. The Kier molecular flexibility index (Phi) is 13.9. The third-order valence-corrected chi connectivity index (χ3v) is 9.06. The molecular formula is C42H56N2. The molecule has 0 fully saturated rings. The van der Waals surface area contributed by atoms with Gasteiger partial charge >= 0.3 is 0 Å². The summed E-state index contributed by atoms with van der Waals surface area (Å²) in [5, 5.41) is 0. The summed E-state index contributed by atoms with van der Waals surface area (Å²) in [4.78, 5) is 0. The van der Waals surface area contributed by atoms with E-state index in [9.17, 15) is 0 Å². The van der Waals surface area contributed by atoms with E-state index in [1.165, 1.54) is 109 Å². The van der Waals surface area contributed by atoms with E-state index in [1.54, 1.807) is 0 Å². The lowest BCUT2D eigenvalue weighted by atomic mass is 9.96. The Balaban J connectivity index is 1.18. The SMILES string of the molecule is CCCCCCc1cc(Cc2ccc(CCCCc3ccc(Cc4ccc(N)c(CCCCCC)c4)cc3)cc2)ccc1N. The summed E-state index contributed by atoms with van der Waals surface area (Å²) in [6, 6.07) is 31.7. The Morgan fingerprint density at radius 1 is 0.364 bits per heavy atom. The van der Waals surface area contributed by atoms with E-state index in [0.29, 0.717) is 0 Å². The molecule has 0 aliphatic carbocycles. The van der Waals surface area contributed by atoms with Crippen LogP contribution in [0.15, 0.2) is 84.9 Å². The predicted molar refractivity (Wildman–Crippen MR) is 193 cm³/mol. The van der Waals surface area contributed by atoms with Gasteiger partial charge in [0.25, 0.3) is 0 Å². The minimum Gasteiger partial charge on any atom is -0.399 e. The van der Waals surface area contributed by atoms with Gasteiger partial charge in [-0.2, -0.15) is 0 Å². The number of aryl methyl sites for hydroxylation is 4. The van der Waals surface area contributed by atoms with Crippen molar-refractivity contribution >= 4 is 11.4 Å². The van der Waals surface area contributed by atoms with Gasteiger partial charge in [0.05, 0.1) is 0 Å². The third-order valence-electron chi connectivity index (χ3n) is 9.06. The number of nitrogen functional groups attached to an aromatic ring is 2. The van der Waals surface area contributed by atoms with Gasteiger partial charge in [0.2, 0.25) is 0 Å². The molecule has 44 heavy (non-hydrogen) atoms. The fourth-order valence-corrected chi connectivity index (χ4v) is 6.23. The second-order valence-electron chi connectivity index (χ2n) is 12.9. The maximum Gasteiger partial charge on any atom is 0.0346 e. The fraction of sp³-hybridized carbons (Fsp3) is 0.429. The summed E-state index contributed by atoms with van der Waals surface area (Å²) >= 11 is 0. The van der Waals surface area contributed by atoms with Crippen LogP contribution in [-0.4, -0.2) is 0 Å². The first kappa shape index (κ1) is 33.4. The number of nitrogens with two attached hydrogens (primary N) is 2. The van der Waals surface area contributed by atoms with Gasteiger partial charge < -0.3 is 11.5 Å². The van der Waals surface area contributed by atoms with E-state index in [-0.39, 0.29) is 0 Å². The van der Waals surface area contributed by atoms with Crippen LogP contribution >= 0.6 is 0 Å². The van der Waals surface area contributed by atoms with E-state index in [4.69, 9.17) is 11.5 Å². The topological polar surface area (TPSA) is 52.0 Å². The first-order valence-electron chi connectivity index (χ1n) is 17.4. The van der Waals surface area contributed by atoms with Crippen LogP contribution in [0, 0.1) is 0 Å². The lowest BCUT2D eigenvalue weighted by molar-refractivity contribution is 0.667. The molecular weight excluding hydrogens is 532 g/mol. The van der Waals surface area contributed by atoms with Gasteiger partial charge in [-0.05, 0) is 121 Å². The number of hydrogen-bond donors (Lipinski definition) is 2. The van der Waals surface area contributed by atoms with Crippen LogP contribution in [0.5, 0.6) is 0 Å². The van der Waals surface area contributed by atoms with Crippen molar-refractivity contribution in [1.82, 2.24) is 0 Å². The average molecular weight is 589 g/mol. The zero-order valence-electron chi connectivity index (χ0n) is 27.6. The third kappa shape index (κ3) is 11.2. The van der Waals surface area contributed by atoms with Crippen molar-refractivity contribution in [3.8, 4) is 0 Å². The zero-order valence-corrected chi connectivity index (χ0v) is 27.6. The molecule has 0 aliphatic rings. The van der Waals surface area contributed by atoms with Crippen LogP contribution in [0.2, 0.25) is 0 Å². The van der Waals surface area contributed by atoms with Crippen LogP contribution < -0.4 is 11.5 Å². The summed E-state index contributed by atoms with van der Waals surface area (Å²) in [6.07, 6.45) is 19.0. The van der Waals surface area contributed by atoms with Crippen molar-refractivity contribution in [2.45, 2.75) is 117 Å². The lowest BCUT2D eigenvalue weighted by Crippen LogP contribution is -1.98. The van der Waals surface area contributed by atoms with E-state index in [2.05, 4.69) is 98.8 Å². The quantitative estimate of drug-likeness (QED) is 0.0845. The molecule has 0 aliphatic heterocycles. The molecule has 0 radical (unpaired) electrons. The van der Waals surface area contributed by atoms with Crippen molar-refractivity contribution in [3.63, 3.8) is 0 Å². The lowest BCUT2D eigenvalue weighted by Gasteiger charge is -2.10. The van der Waals surface area contributed by atoms with E-state index in [0.717, 1.165) is 49.9 Å². The summed E-state index contributed by atoms with van der Waals surface area (Å²) in [7, 11) is 0. The first-order chi connectivity index (χ1) is 21.5. The Morgan fingerprint density at radius 2 is 0.705 bits per heavy atom. The Hall–Kier alpha value is -3.52. The second-order valence-corrected chi connectivity index (χ2v) is 12.9. The minimum atomic E-state index is 0.941. The highest BCUT2D eigenvalue weighted by Crippen LogP contribution is 2.22. The standard InChI is InChI=1S/C42H56N2/c1-3-5-7-9-15-39-31-37(25-27-41(39)43)29-35-21-17-33(18-22-35)13-11-12-14-34-19-23-36(24-20-34)30-38-26-28-42(44)40(32-38)16-10-8-6-4-2/h17-28,31-32H,3-16,29-30,43-44H2,1-2H3. The van der Waals surface area contributed by atoms with Gasteiger partial charge in [-0.25, -0.2) is 0 Å². The van der Waals surface area contributed by atoms with Gasteiger partial charge in [-0.15, -0.1) is 0 Å². The normalized spacial score (nSPS) is 11.2. The predicted octanol–water partition coefficient (Wildman–Crippen LogP) is 10.8. The van der Waals surface area contributed by atoms with Gasteiger partial charge in [0.1, 0.15) is 0 Å². The molecule has 0 spiro atoms. The number of rotatable bonds is 19. The fourth-order valence-electron chi connectivity index (χ4n) is 6.23. The molecule has 0 saturated carbocycles. The molecule has 4 aromatic carbocycles. The van der Waals surface area contributed by atoms with E-state index >= 15 is 0 Å². The van der Waals surface area contributed by atoms with E-state index in [1.807, 2.05) is 0 Å². The highest BCUT2D eigenvalue weighted by Gasteiger charge is 2.06.